The topological polar surface area (TPSA) is 111 Å². The van der Waals surface area contributed by atoms with Gasteiger partial charge in [0.1, 0.15) is 12.4 Å². The van der Waals surface area contributed by atoms with Gasteiger partial charge in [-0.2, -0.15) is 0 Å². The SMILES string of the molecule is C#CCOc1ccc(CC(COP(=O)([O-])[O-])NC(=O)CCCCCCC/C=C\CCCCCCCC)cc1. The lowest BCUT2D eigenvalue weighted by molar-refractivity contribution is -0.342. The monoisotopic (exact) mass is 547 g/mol. The van der Waals surface area contributed by atoms with E-state index in [0.29, 0.717) is 18.6 Å². The second kappa shape index (κ2) is 21.8. The first-order valence-corrected chi connectivity index (χ1v) is 15.6. The standard InChI is InChI=1S/C30H48NO6P/c1-3-5-6-7-8-9-10-11-12-13-14-15-16-17-18-19-30(32)31-28(26-37-38(33,34)35)25-27-20-22-29(23-21-27)36-24-4-2/h2,11-12,20-23,28H,3,5-10,13-19,24-26H2,1H3,(H,31,32)(H2,33,34,35)/p-2/b12-11-. The van der Waals surface area contributed by atoms with E-state index in [9.17, 15) is 19.1 Å². The van der Waals surface area contributed by atoms with Crippen LogP contribution in [-0.4, -0.2) is 25.2 Å². The summed E-state index contributed by atoms with van der Waals surface area (Å²) in [5.74, 6) is 2.81. The highest BCUT2D eigenvalue weighted by Gasteiger charge is 2.14. The van der Waals surface area contributed by atoms with Crippen LogP contribution in [0.4, 0.5) is 0 Å². The molecule has 0 aliphatic heterocycles. The number of phosphoric acid groups is 1. The number of phosphoric ester groups is 1. The molecule has 7 nitrogen and oxygen atoms in total. The Labute approximate surface area is 230 Å². The van der Waals surface area contributed by atoms with E-state index in [4.69, 9.17) is 11.2 Å². The molecular weight excluding hydrogens is 501 g/mol. The lowest BCUT2D eigenvalue weighted by Gasteiger charge is -2.31. The number of benzene rings is 1. The average molecular weight is 548 g/mol. The predicted molar refractivity (Wildman–Crippen MR) is 149 cm³/mol. The fourth-order valence-corrected chi connectivity index (χ4v) is 4.48. The second-order valence-electron chi connectivity index (χ2n) is 9.68. The molecule has 0 spiro atoms. The Hall–Kier alpha value is -2.10. The van der Waals surface area contributed by atoms with Crippen LogP contribution in [0.3, 0.4) is 0 Å². The number of hydrogen-bond acceptors (Lipinski definition) is 6. The van der Waals surface area contributed by atoms with Crippen LogP contribution in [0.25, 0.3) is 0 Å². The maximum atomic E-state index is 12.4. The van der Waals surface area contributed by atoms with Crippen molar-refractivity contribution in [1.29, 1.82) is 0 Å². The van der Waals surface area contributed by atoms with E-state index in [1.807, 2.05) is 0 Å². The van der Waals surface area contributed by atoms with Crippen LogP contribution in [0.15, 0.2) is 36.4 Å². The number of carbonyl (C=O) groups excluding carboxylic acids is 1. The first-order valence-electron chi connectivity index (χ1n) is 14.1. The van der Waals surface area contributed by atoms with Crippen LogP contribution >= 0.6 is 7.82 Å². The fourth-order valence-electron chi connectivity index (χ4n) is 4.12. The molecule has 1 N–H and O–H groups in total. The number of unbranched alkanes of at least 4 members (excludes halogenated alkanes) is 11. The Kier molecular flexibility index (Phi) is 19.5. The molecule has 1 unspecified atom stereocenters. The van der Waals surface area contributed by atoms with Crippen molar-refractivity contribution in [3.05, 3.63) is 42.0 Å². The summed E-state index contributed by atoms with van der Waals surface area (Å²) in [5, 5.41) is 2.81. The highest BCUT2D eigenvalue weighted by molar-refractivity contribution is 7.43. The molecule has 0 fully saturated rings. The third kappa shape index (κ3) is 19.9. The molecule has 1 aromatic rings. The Morgan fingerprint density at radius 1 is 0.974 bits per heavy atom. The Morgan fingerprint density at radius 3 is 2.13 bits per heavy atom. The molecule has 1 aromatic carbocycles. The molecule has 0 saturated heterocycles. The van der Waals surface area contributed by atoms with Crippen LogP contribution in [0.1, 0.15) is 102 Å². The van der Waals surface area contributed by atoms with Crippen molar-refractivity contribution in [2.45, 2.75) is 109 Å². The van der Waals surface area contributed by atoms with E-state index in [-0.39, 0.29) is 12.5 Å². The number of allylic oxidation sites excluding steroid dienone is 2. The molecule has 0 bridgehead atoms. The van der Waals surface area contributed by atoms with Gasteiger partial charge in [-0.15, -0.1) is 6.42 Å². The summed E-state index contributed by atoms with van der Waals surface area (Å²) < 4.78 is 20.7. The molecule has 0 aromatic heterocycles. The molecule has 1 atom stereocenters. The number of ether oxygens (including phenoxy) is 1. The maximum Gasteiger partial charge on any atom is 0.220 e. The Morgan fingerprint density at radius 2 is 1.55 bits per heavy atom. The van der Waals surface area contributed by atoms with Crippen LogP contribution < -0.4 is 19.8 Å². The smallest absolute Gasteiger partial charge is 0.220 e. The van der Waals surface area contributed by atoms with Gasteiger partial charge in [-0.25, -0.2) is 0 Å². The van der Waals surface area contributed by atoms with Crippen molar-refractivity contribution in [2.75, 3.05) is 13.2 Å². The highest BCUT2D eigenvalue weighted by atomic mass is 31.2. The lowest BCUT2D eigenvalue weighted by atomic mass is 10.1. The largest absolute Gasteiger partial charge is 0.790 e. The van der Waals surface area contributed by atoms with Gasteiger partial charge in [-0.3, -0.25) is 4.79 Å². The van der Waals surface area contributed by atoms with E-state index in [1.165, 1.54) is 44.9 Å². The maximum absolute atomic E-state index is 12.4. The Balaban J connectivity index is 2.24. The predicted octanol–water partition coefficient (Wildman–Crippen LogP) is 5.61. The zero-order valence-corrected chi connectivity index (χ0v) is 23.9. The van der Waals surface area contributed by atoms with Gasteiger partial charge < -0.3 is 28.9 Å². The number of carbonyl (C=O) groups is 1. The summed E-state index contributed by atoms with van der Waals surface area (Å²) in [7, 11) is -5.14. The van der Waals surface area contributed by atoms with Crippen molar-refractivity contribution < 1.29 is 28.4 Å². The van der Waals surface area contributed by atoms with Crippen LogP contribution in [0.5, 0.6) is 5.75 Å². The van der Waals surface area contributed by atoms with E-state index in [2.05, 4.69) is 34.8 Å². The number of terminal acetylenes is 1. The van der Waals surface area contributed by atoms with Crippen LogP contribution in [0, 0.1) is 12.3 Å². The zero-order valence-electron chi connectivity index (χ0n) is 23.0. The molecule has 214 valence electrons. The van der Waals surface area contributed by atoms with Crippen LogP contribution in [0.2, 0.25) is 0 Å². The minimum Gasteiger partial charge on any atom is -0.790 e. The summed E-state index contributed by atoms with van der Waals surface area (Å²) in [6, 6.07) is 6.43. The molecule has 0 heterocycles. The zero-order chi connectivity index (χ0) is 27.9. The fraction of sp³-hybridized carbons (Fsp3) is 0.633. The molecule has 0 saturated carbocycles. The number of hydrogen-bond donors (Lipinski definition) is 1. The first kappa shape index (κ1) is 33.9. The number of nitrogens with one attached hydrogen (secondary N) is 1. The molecule has 0 aliphatic carbocycles. The Bertz CT molecular complexity index is 858. The molecule has 0 radical (unpaired) electrons. The quantitative estimate of drug-likeness (QED) is 0.0825. The highest BCUT2D eigenvalue weighted by Crippen LogP contribution is 2.25. The van der Waals surface area contributed by atoms with Gasteiger partial charge in [-0.05, 0) is 56.2 Å². The summed E-state index contributed by atoms with van der Waals surface area (Å²) in [5.41, 5.74) is 0.833. The third-order valence-corrected chi connectivity index (χ3v) is 6.66. The van der Waals surface area contributed by atoms with Crippen molar-refractivity contribution in [3.63, 3.8) is 0 Å². The molecular formula is C30H46NO6P-2. The van der Waals surface area contributed by atoms with E-state index >= 15 is 0 Å². The van der Waals surface area contributed by atoms with Crippen molar-refractivity contribution in [2.24, 2.45) is 0 Å². The van der Waals surface area contributed by atoms with Gasteiger partial charge >= 0.3 is 0 Å². The first-order chi connectivity index (χ1) is 18.3. The molecule has 8 heteroatoms. The van der Waals surface area contributed by atoms with Crippen molar-refractivity contribution in [3.8, 4) is 18.1 Å². The summed E-state index contributed by atoms with van der Waals surface area (Å²) in [6.45, 7) is 1.99. The molecule has 38 heavy (non-hydrogen) atoms. The molecule has 1 amide bonds. The minimum atomic E-state index is -5.14. The van der Waals surface area contributed by atoms with Gasteiger partial charge in [0.2, 0.25) is 5.91 Å². The van der Waals surface area contributed by atoms with Crippen molar-refractivity contribution in [1.82, 2.24) is 5.32 Å². The number of rotatable bonds is 23. The van der Waals surface area contributed by atoms with Gasteiger partial charge in [0.05, 0.1) is 20.5 Å². The van der Waals surface area contributed by atoms with E-state index in [0.717, 1.165) is 44.1 Å². The van der Waals surface area contributed by atoms with Gasteiger partial charge in [0, 0.05) is 6.42 Å². The van der Waals surface area contributed by atoms with Gasteiger partial charge in [-0.1, -0.05) is 88.5 Å². The van der Waals surface area contributed by atoms with Crippen molar-refractivity contribution >= 4 is 13.7 Å². The summed E-state index contributed by atoms with van der Waals surface area (Å²) >= 11 is 0. The lowest BCUT2D eigenvalue weighted by Crippen LogP contribution is -2.40. The van der Waals surface area contributed by atoms with Gasteiger partial charge in [0.25, 0.3) is 0 Å². The third-order valence-electron chi connectivity index (χ3n) is 6.19. The molecule has 0 aliphatic rings. The van der Waals surface area contributed by atoms with Gasteiger partial charge in [0.15, 0.2) is 0 Å². The minimum absolute atomic E-state index is 0.157. The average Bonchev–Trinajstić information content (AvgIpc) is 2.88. The van der Waals surface area contributed by atoms with E-state index < -0.39 is 20.5 Å². The summed E-state index contributed by atoms with van der Waals surface area (Å²) in [4.78, 5) is 34.3. The van der Waals surface area contributed by atoms with E-state index in [1.54, 1.807) is 24.3 Å². The number of amides is 1. The summed E-state index contributed by atoms with van der Waals surface area (Å²) in [6.07, 6.45) is 25.8. The normalized spacial score (nSPS) is 12.4. The molecule has 1 rings (SSSR count). The second-order valence-corrected chi connectivity index (χ2v) is 10.8. The van der Waals surface area contributed by atoms with Crippen LogP contribution in [-0.2, 0) is 20.3 Å².